The fourth-order valence-corrected chi connectivity index (χ4v) is 3.29. The van der Waals surface area contributed by atoms with Gasteiger partial charge in [-0.3, -0.25) is 4.79 Å². The van der Waals surface area contributed by atoms with Gasteiger partial charge >= 0.3 is 0 Å². The van der Waals surface area contributed by atoms with Gasteiger partial charge in [-0.2, -0.15) is 0 Å². The molecule has 0 N–H and O–H groups in total. The monoisotopic (exact) mass is 268 g/mol. The average molecular weight is 268 g/mol. The molecule has 1 nitrogen and oxygen atoms in total. The summed E-state index contributed by atoms with van der Waals surface area (Å²) in [5, 5.41) is 2.09. The first-order valence-electron chi connectivity index (χ1n) is 6.71. The predicted octanol–water partition coefficient (Wildman–Crippen LogP) is 4.94. The molecule has 1 aromatic heterocycles. The Morgan fingerprint density at radius 3 is 2.63 bits per heavy atom. The van der Waals surface area contributed by atoms with Crippen molar-refractivity contribution in [3.05, 3.63) is 52.9 Å². The Hall–Kier alpha value is -1.67. The van der Waals surface area contributed by atoms with Gasteiger partial charge in [0, 0.05) is 11.3 Å². The van der Waals surface area contributed by atoms with E-state index in [-0.39, 0.29) is 0 Å². The minimum absolute atomic E-state index is 0.326. The molecule has 0 atom stereocenters. The van der Waals surface area contributed by atoms with Gasteiger partial charge in [-0.05, 0) is 53.5 Å². The van der Waals surface area contributed by atoms with E-state index in [2.05, 4.69) is 41.8 Å². The van der Waals surface area contributed by atoms with E-state index >= 15 is 0 Å². The van der Waals surface area contributed by atoms with Crippen LogP contribution in [-0.4, -0.2) is 5.78 Å². The van der Waals surface area contributed by atoms with Crippen LogP contribution in [0.1, 0.15) is 31.2 Å². The number of thiophene rings is 1. The molecule has 3 rings (SSSR count). The van der Waals surface area contributed by atoms with Gasteiger partial charge in [-0.15, -0.1) is 11.3 Å². The Morgan fingerprint density at radius 2 is 1.84 bits per heavy atom. The second kappa shape index (κ2) is 5.54. The third kappa shape index (κ3) is 2.69. The first-order valence-corrected chi connectivity index (χ1v) is 7.59. The smallest absolute Gasteiger partial charge is 0.158 e. The summed E-state index contributed by atoms with van der Waals surface area (Å²) in [5.74, 6) is 0.326. The molecule has 1 saturated carbocycles. The highest BCUT2D eigenvalue weighted by Crippen LogP contribution is 2.31. The maximum atomic E-state index is 11.9. The van der Waals surface area contributed by atoms with Crippen LogP contribution >= 0.6 is 11.3 Å². The van der Waals surface area contributed by atoms with E-state index in [1.165, 1.54) is 10.4 Å². The van der Waals surface area contributed by atoms with E-state index in [0.29, 0.717) is 12.2 Å². The van der Waals surface area contributed by atoms with E-state index in [9.17, 15) is 4.79 Å². The molecule has 0 aliphatic heterocycles. The van der Waals surface area contributed by atoms with Gasteiger partial charge in [0.05, 0.1) is 0 Å². The lowest BCUT2D eigenvalue weighted by atomic mass is 9.91. The Morgan fingerprint density at radius 1 is 1.00 bits per heavy atom. The number of hydrogen-bond acceptors (Lipinski definition) is 2. The van der Waals surface area contributed by atoms with Crippen LogP contribution in [0.2, 0.25) is 0 Å². The molecule has 2 heteroatoms. The van der Waals surface area contributed by atoms with Crippen molar-refractivity contribution in [1.82, 2.24) is 0 Å². The second-order valence-electron chi connectivity index (χ2n) is 4.86. The lowest BCUT2D eigenvalue weighted by molar-refractivity contribution is -0.116. The molecule has 0 radical (unpaired) electrons. The molecule has 0 amide bonds. The molecule has 96 valence electrons. The van der Waals surface area contributed by atoms with Gasteiger partial charge in [0.1, 0.15) is 0 Å². The number of hydrogen-bond donors (Lipinski definition) is 0. The van der Waals surface area contributed by atoms with Crippen molar-refractivity contribution in [2.24, 2.45) is 0 Å². The standard InChI is InChI=1S/C17H16OS/c18-16-9-4-2-7-14(16)12-13-6-1-3-8-15(13)17-10-5-11-19-17/h1,3,5-6,8,10-12H,2,4,7,9H2. The fraction of sp³-hybridized carbons (Fsp3) is 0.235. The van der Waals surface area contributed by atoms with Crippen LogP contribution in [0, 0.1) is 0 Å². The van der Waals surface area contributed by atoms with E-state index in [4.69, 9.17) is 0 Å². The van der Waals surface area contributed by atoms with Crippen molar-refractivity contribution in [3.63, 3.8) is 0 Å². The Kier molecular flexibility index (Phi) is 3.60. The maximum Gasteiger partial charge on any atom is 0.158 e. The lowest BCUT2D eigenvalue weighted by Crippen LogP contribution is -2.08. The van der Waals surface area contributed by atoms with Crippen LogP contribution < -0.4 is 0 Å². The van der Waals surface area contributed by atoms with Gasteiger partial charge in [-0.25, -0.2) is 0 Å². The number of benzene rings is 1. The van der Waals surface area contributed by atoms with Crippen LogP contribution in [-0.2, 0) is 4.79 Å². The summed E-state index contributed by atoms with van der Waals surface area (Å²) in [4.78, 5) is 13.2. The van der Waals surface area contributed by atoms with Gasteiger partial charge in [0.15, 0.2) is 5.78 Å². The average Bonchev–Trinajstić information content (AvgIpc) is 2.96. The summed E-state index contributed by atoms with van der Waals surface area (Å²) in [6.45, 7) is 0. The van der Waals surface area contributed by atoms with Crippen molar-refractivity contribution in [3.8, 4) is 10.4 Å². The van der Waals surface area contributed by atoms with Gasteiger partial charge in [0.25, 0.3) is 0 Å². The molecule has 1 heterocycles. The van der Waals surface area contributed by atoms with Crippen LogP contribution in [0.3, 0.4) is 0 Å². The number of allylic oxidation sites excluding steroid dienone is 1. The van der Waals surface area contributed by atoms with Gasteiger partial charge < -0.3 is 0 Å². The SMILES string of the molecule is O=C1CCCCC1=Cc1ccccc1-c1cccs1. The number of carbonyl (C=O) groups excluding carboxylic acids is 1. The minimum Gasteiger partial charge on any atom is -0.295 e. The molecule has 19 heavy (non-hydrogen) atoms. The van der Waals surface area contributed by atoms with Crippen LogP contribution in [0.25, 0.3) is 16.5 Å². The topological polar surface area (TPSA) is 17.1 Å². The highest BCUT2D eigenvalue weighted by molar-refractivity contribution is 7.13. The summed E-state index contributed by atoms with van der Waals surface area (Å²) in [6.07, 6.45) is 5.92. The Bertz CT molecular complexity index is 608. The molecule has 2 aromatic rings. The van der Waals surface area contributed by atoms with E-state index in [0.717, 1.165) is 30.4 Å². The molecule has 0 spiro atoms. The predicted molar refractivity (Wildman–Crippen MR) is 81.2 cm³/mol. The van der Waals surface area contributed by atoms with E-state index in [1.807, 2.05) is 6.07 Å². The second-order valence-corrected chi connectivity index (χ2v) is 5.81. The molecule has 1 aliphatic rings. The molecular formula is C17H16OS. The van der Waals surface area contributed by atoms with Crippen LogP contribution in [0.15, 0.2) is 47.4 Å². The van der Waals surface area contributed by atoms with Crippen molar-refractivity contribution >= 4 is 23.2 Å². The first-order chi connectivity index (χ1) is 9.34. The summed E-state index contributed by atoms with van der Waals surface area (Å²) in [6, 6.07) is 12.5. The number of carbonyl (C=O) groups is 1. The zero-order valence-electron chi connectivity index (χ0n) is 10.8. The van der Waals surface area contributed by atoms with Gasteiger partial charge in [0.2, 0.25) is 0 Å². The Balaban J connectivity index is 2.01. The zero-order chi connectivity index (χ0) is 13.1. The normalized spacial score (nSPS) is 17.9. The van der Waals surface area contributed by atoms with Crippen molar-refractivity contribution < 1.29 is 4.79 Å². The molecule has 1 aromatic carbocycles. The third-order valence-corrected chi connectivity index (χ3v) is 4.44. The van der Waals surface area contributed by atoms with Gasteiger partial charge in [-0.1, -0.05) is 30.3 Å². The summed E-state index contributed by atoms with van der Waals surface area (Å²) in [5.41, 5.74) is 3.38. The molecule has 0 saturated heterocycles. The summed E-state index contributed by atoms with van der Waals surface area (Å²) < 4.78 is 0. The van der Waals surface area contributed by atoms with Crippen molar-refractivity contribution in [2.75, 3.05) is 0 Å². The molecule has 0 unspecified atom stereocenters. The fourth-order valence-electron chi connectivity index (χ4n) is 2.52. The molecule has 1 fully saturated rings. The maximum absolute atomic E-state index is 11.9. The largest absolute Gasteiger partial charge is 0.295 e. The highest BCUT2D eigenvalue weighted by atomic mass is 32.1. The number of ketones is 1. The van der Waals surface area contributed by atoms with E-state index < -0.39 is 0 Å². The van der Waals surface area contributed by atoms with Crippen molar-refractivity contribution in [1.29, 1.82) is 0 Å². The Labute approximate surface area is 117 Å². The quantitative estimate of drug-likeness (QED) is 0.705. The zero-order valence-corrected chi connectivity index (χ0v) is 11.6. The summed E-state index contributed by atoms with van der Waals surface area (Å²) >= 11 is 1.74. The molecule has 0 bridgehead atoms. The summed E-state index contributed by atoms with van der Waals surface area (Å²) in [7, 11) is 0. The first kappa shape index (κ1) is 12.4. The lowest BCUT2D eigenvalue weighted by Gasteiger charge is -2.13. The molecule has 1 aliphatic carbocycles. The number of Topliss-reactive ketones (excluding diaryl/α,β-unsaturated/α-hetero) is 1. The highest BCUT2D eigenvalue weighted by Gasteiger charge is 2.15. The van der Waals surface area contributed by atoms with Crippen LogP contribution in [0.4, 0.5) is 0 Å². The van der Waals surface area contributed by atoms with Crippen molar-refractivity contribution in [2.45, 2.75) is 25.7 Å². The number of rotatable bonds is 2. The minimum atomic E-state index is 0.326. The molecular weight excluding hydrogens is 252 g/mol. The van der Waals surface area contributed by atoms with Crippen LogP contribution in [0.5, 0.6) is 0 Å². The third-order valence-electron chi connectivity index (χ3n) is 3.54. The van der Waals surface area contributed by atoms with E-state index in [1.54, 1.807) is 11.3 Å².